The minimum atomic E-state index is -0.174. The summed E-state index contributed by atoms with van der Waals surface area (Å²) in [7, 11) is 3.11. The first-order valence-corrected chi connectivity index (χ1v) is 9.81. The zero-order valence-corrected chi connectivity index (χ0v) is 18.1. The lowest BCUT2D eigenvalue weighted by molar-refractivity contribution is 0.0952. The highest BCUT2D eigenvalue weighted by atomic mass is 127. The predicted octanol–water partition coefficient (Wildman–Crippen LogP) is 4.24. The standard InChI is InChI=1S/C21H21IN2O4/c1-13-4-6-14(7-5-13)21-24-15(12-28-21)8-9-23-20(25)16-10-18(26-2)19(27-3)11-17(16)22/h4-7,10-12H,8-9H2,1-3H3,(H,23,25). The highest BCUT2D eigenvalue weighted by Gasteiger charge is 2.15. The number of hydrogen-bond acceptors (Lipinski definition) is 5. The molecule has 0 aliphatic rings. The summed E-state index contributed by atoms with van der Waals surface area (Å²) in [6.07, 6.45) is 2.20. The molecule has 28 heavy (non-hydrogen) atoms. The predicted molar refractivity (Wildman–Crippen MR) is 115 cm³/mol. The fraction of sp³-hybridized carbons (Fsp3) is 0.238. The number of carbonyl (C=O) groups excluding carboxylic acids is 1. The van der Waals surface area contributed by atoms with E-state index in [1.165, 1.54) is 5.56 Å². The van der Waals surface area contributed by atoms with E-state index in [2.05, 4.69) is 32.9 Å². The third kappa shape index (κ3) is 4.64. The van der Waals surface area contributed by atoms with Gasteiger partial charge in [0.25, 0.3) is 5.91 Å². The fourth-order valence-corrected chi connectivity index (χ4v) is 3.36. The number of amides is 1. The van der Waals surface area contributed by atoms with E-state index in [9.17, 15) is 4.79 Å². The van der Waals surface area contributed by atoms with Gasteiger partial charge in [-0.25, -0.2) is 4.98 Å². The summed E-state index contributed by atoms with van der Waals surface area (Å²) in [5, 5.41) is 2.91. The molecule has 1 heterocycles. The van der Waals surface area contributed by atoms with Gasteiger partial charge in [-0.1, -0.05) is 17.7 Å². The monoisotopic (exact) mass is 492 g/mol. The van der Waals surface area contributed by atoms with Crippen LogP contribution in [0.2, 0.25) is 0 Å². The first-order valence-electron chi connectivity index (χ1n) is 8.73. The molecule has 0 saturated carbocycles. The van der Waals surface area contributed by atoms with Crippen LogP contribution < -0.4 is 14.8 Å². The van der Waals surface area contributed by atoms with Gasteiger partial charge in [-0.2, -0.15) is 0 Å². The number of rotatable bonds is 7. The van der Waals surface area contributed by atoms with Gasteiger partial charge in [0.15, 0.2) is 11.5 Å². The van der Waals surface area contributed by atoms with Crippen LogP contribution in [0, 0.1) is 10.5 Å². The van der Waals surface area contributed by atoms with Crippen molar-refractivity contribution in [1.82, 2.24) is 10.3 Å². The van der Waals surface area contributed by atoms with Crippen molar-refractivity contribution in [2.45, 2.75) is 13.3 Å². The number of oxazole rings is 1. The molecule has 7 heteroatoms. The lowest BCUT2D eigenvalue weighted by atomic mass is 10.1. The molecule has 3 rings (SSSR count). The molecular weight excluding hydrogens is 471 g/mol. The first-order chi connectivity index (χ1) is 13.5. The quantitative estimate of drug-likeness (QED) is 0.500. The van der Waals surface area contributed by atoms with Gasteiger partial charge >= 0.3 is 0 Å². The lowest BCUT2D eigenvalue weighted by Crippen LogP contribution is -2.26. The number of aromatic nitrogens is 1. The van der Waals surface area contributed by atoms with E-state index >= 15 is 0 Å². The van der Waals surface area contributed by atoms with Crippen LogP contribution >= 0.6 is 22.6 Å². The van der Waals surface area contributed by atoms with Crippen molar-refractivity contribution in [1.29, 1.82) is 0 Å². The van der Waals surface area contributed by atoms with Crippen LogP contribution in [0.15, 0.2) is 47.1 Å². The summed E-state index contributed by atoms with van der Waals surface area (Å²) >= 11 is 2.11. The Bertz CT molecular complexity index is 967. The van der Waals surface area contributed by atoms with Crippen LogP contribution in [-0.4, -0.2) is 31.7 Å². The van der Waals surface area contributed by atoms with Crippen LogP contribution in [-0.2, 0) is 6.42 Å². The largest absolute Gasteiger partial charge is 0.493 e. The molecule has 0 atom stereocenters. The van der Waals surface area contributed by atoms with Crippen LogP contribution in [0.5, 0.6) is 11.5 Å². The number of nitrogens with zero attached hydrogens (tertiary/aromatic N) is 1. The van der Waals surface area contributed by atoms with Crippen LogP contribution in [0.4, 0.5) is 0 Å². The number of ether oxygens (including phenoxy) is 2. The minimum absolute atomic E-state index is 0.174. The second-order valence-electron chi connectivity index (χ2n) is 6.20. The van der Waals surface area contributed by atoms with E-state index in [1.807, 2.05) is 31.2 Å². The molecule has 0 aliphatic heterocycles. The van der Waals surface area contributed by atoms with Crippen LogP contribution in [0.25, 0.3) is 11.5 Å². The third-order valence-corrected chi connectivity index (χ3v) is 5.13. The second kappa shape index (κ2) is 9.09. The van der Waals surface area contributed by atoms with Gasteiger partial charge in [0.2, 0.25) is 5.89 Å². The van der Waals surface area contributed by atoms with Gasteiger partial charge in [0.1, 0.15) is 6.26 Å². The number of benzene rings is 2. The fourth-order valence-electron chi connectivity index (χ4n) is 2.68. The highest BCUT2D eigenvalue weighted by Crippen LogP contribution is 2.31. The van der Waals surface area contributed by atoms with Gasteiger partial charge in [0.05, 0.1) is 25.5 Å². The van der Waals surface area contributed by atoms with Gasteiger partial charge in [-0.15, -0.1) is 0 Å². The van der Waals surface area contributed by atoms with Gasteiger partial charge < -0.3 is 19.2 Å². The van der Waals surface area contributed by atoms with Crippen molar-refractivity contribution < 1.29 is 18.7 Å². The highest BCUT2D eigenvalue weighted by molar-refractivity contribution is 14.1. The van der Waals surface area contributed by atoms with Crippen molar-refractivity contribution in [3.8, 4) is 23.0 Å². The number of methoxy groups -OCH3 is 2. The first kappa shape index (κ1) is 20.2. The second-order valence-corrected chi connectivity index (χ2v) is 7.37. The SMILES string of the molecule is COc1cc(I)c(C(=O)NCCc2coc(-c3ccc(C)cc3)n2)cc1OC. The molecule has 0 saturated heterocycles. The van der Waals surface area contributed by atoms with Gasteiger partial charge in [-0.05, 0) is 53.8 Å². The Hall–Kier alpha value is -2.55. The Morgan fingerprint density at radius 1 is 1.14 bits per heavy atom. The topological polar surface area (TPSA) is 73.6 Å². The van der Waals surface area contributed by atoms with Gasteiger partial charge in [-0.3, -0.25) is 4.79 Å². The maximum absolute atomic E-state index is 12.5. The van der Waals surface area contributed by atoms with Crippen molar-refractivity contribution in [2.75, 3.05) is 20.8 Å². The number of hydrogen-bond donors (Lipinski definition) is 1. The zero-order valence-electron chi connectivity index (χ0n) is 15.9. The Morgan fingerprint density at radius 3 is 2.50 bits per heavy atom. The Labute approximate surface area is 177 Å². The molecule has 0 aliphatic carbocycles. The molecule has 2 aromatic carbocycles. The van der Waals surface area contributed by atoms with Crippen LogP contribution in [0.3, 0.4) is 0 Å². The smallest absolute Gasteiger partial charge is 0.252 e. The molecule has 1 amide bonds. The number of nitrogens with one attached hydrogen (secondary N) is 1. The normalized spacial score (nSPS) is 10.6. The van der Waals surface area contributed by atoms with Crippen molar-refractivity contribution in [3.05, 3.63) is 63.1 Å². The van der Waals surface area contributed by atoms with E-state index in [1.54, 1.807) is 32.6 Å². The van der Waals surface area contributed by atoms with Crippen LogP contribution in [0.1, 0.15) is 21.6 Å². The van der Waals surface area contributed by atoms with E-state index in [4.69, 9.17) is 13.9 Å². The zero-order chi connectivity index (χ0) is 20.1. The molecular formula is C21H21IN2O4. The maximum Gasteiger partial charge on any atom is 0.252 e. The van der Waals surface area contributed by atoms with E-state index in [0.717, 1.165) is 14.8 Å². The Balaban J connectivity index is 1.61. The lowest BCUT2D eigenvalue weighted by Gasteiger charge is -2.12. The number of aryl methyl sites for hydroxylation is 1. The summed E-state index contributed by atoms with van der Waals surface area (Å²) in [4.78, 5) is 17.0. The van der Waals surface area contributed by atoms with Crippen molar-refractivity contribution in [3.63, 3.8) is 0 Å². The van der Waals surface area contributed by atoms with E-state index in [-0.39, 0.29) is 5.91 Å². The van der Waals surface area contributed by atoms with E-state index in [0.29, 0.717) is 35.9 Å². The molecule has 1 aromatic heterocycles. The molecule has 0 unspecified atom stereocenters. The summed E-state index contributed by atoms with van der Waals surface area (Å²) in [6.45, 7) is 2.48. The third-order valence-electron chi connectivity index (χ3n) is 4.23. The molecule has 1 N–H and O–H groups in total. The average molecular weight is 492 g/mol. The average Bonchev–Trinajstić information content (AvgIpc) is 3.17. The molecule has 0 radical (unpaired) electrons. The van der Waals surface area contributed by atoms with Crippen molar-refractivity contribution >= 4 is 28.5 Å². The number of halogens is 1. The maximum atomic E-state index is 12.5. The summed E-state index contributed by atoms with van der Waals surface area (Å²) in [5.74, 6) is 1.52. The van der Waals surface area contributed by atoms with E-state index < -0.39 is 0 Å². The minimum Gasteiger partial charge on any atom is -0.493 e. The van der Waals surface area contributed by atoms with Crippen molar-refractivity contribution in [2.24, 2.45) is 0 Å². The Morgan fingerprint density at radius 2 is 1.82 bits per heavy atom. The molecule has 0 spiro atoms. The molecule has 0 bridgehead atoms. The number of carbonyl (C=O) groups is 1. The molecule has 0 fully saturated rings. The summed E-state index contributed by atoms with van der Waals surface area (Å²) < 4.78 is 16.9. The molecule has 3 aromatic rings. The molecule has 6 nitrogen and oxygen atoms in total. The van der Waals surface area contributed by atoms with Gasteiger partial charge in [0, 0.05) is 22.1 Å². The summed E-state index contributed by atoms with van der Waals surface area (Å²) in [6, 6.07) is 11.5. The molecule has 146 valence electrons. The summed E-state index contributed by atoms with van der Waals surface area (Å²) in [5.41, 5.74) is 3.44. The Kier molecular flexibility index (Phi) is 6.56.